The van der Waals surface area contributed by atoms with E-state index in [1.807, 2.05) is 6.07 Å². The van der Waals surface area contributed by atoms with Crippen LogP contribution in [0.15, 0.2) is 47.4 Å². The second-order valence-corrected chi connectivity index (χ2v) is 5.09. The van der Waals surface area contributed by atoms with Gasteiger partial charge in [-0.15, -0.1) is 11.8 Å². The van der Waals surface area contributed by atoms with E-state index in [1.54, 1.807) is 24.3 Å². The van der Waals surface area contributed by atoms with E-state index < -0.39 is 17.5 Å². The number of thioether (sulfide) groups is 1. The summed E-state index contributed by atoms with van der Waals surface area (Å²) in [6.45, 7) is 0. The van der Waals surface area contributed by atoms with Gasteiger partial charge in [-0.3, -0.25) is 4.79 Å². The molecule has 0 aromatic heterocycles. The molecule has 0 heterocycles. The van der Waals surface area contributed by atoms with Crippen molar-refractivity contribution in [2.75, 3.05) is 11.1 Å². The van der Waals surface area contributed by atoms with E-state index in [1.165, 1.54) is 0 Å². The molecule has 0 radical (unpaired) electrons. The monoisotopic (exact) mass is 304 g/mol. The SMILES string of the molecule is N#Cc1ccccc1NC(=O)CSc1cc(F)ccc1F. The molecule has 0 aliphatic rings. The predicted octanol–water partition coefficient (Wildman–Crippen LogP) is 3.57. The Hall–Kier alpha value is -2.39. The first-order valence-corrected chi connectivity index (χ1v) is 6.95. The summed E-state index contributed by atoms with van der Waals surface area (Å²) in [5, 5.41) is 11.5. The third kappa shape index (κ3) is 4.04. The molecule has 0 saturated heterocycles. The third-order valence-electron chi connectivity index (χ3n) is 2.57. The number of para-hydroxylation sites is 1. The van der Waals surface area contributed by atoms with Gasteiger partial charge in [0.05, 0.1) is 17.0 Å². The Morgan fingerprint density at radius 1 is 1.24 bits per heavy atom. The largest absolute Gasteiger partial charge is 0.324 e. The van der Waals surface area contributed by atoms with Crippen molar-refractivity contribution in [3.8, 4) is 6.07 Å². The lowest BCUT2D eigenvalue weighted by Gasteiger charge is -2.07. The molecule has 0 atom stereocenters. The number of carbonyl (C=O) groups is 1. The van der Waals surface area contributed by atoms with Crippen LogP contribution >= 0.6 is 11.8 Å². The summed E-state index contributed by atoms with van der Waals surface area (Å²) in [4.78, 5) is 11.9. The van der Waals surface area contributed by atoms with E-state index in [-0.39, 0.29) is 10.6 Å². The fourth-order valence-corrected chi connectivity index (χ4v) is 2.37. The normalized spacial score (nSPS) is 9.95. The van der Waals surface area contributed by atoms with Gasteiger partial charge in [0.2, 0.25) is 5.91 Å². The highest BCUT2D eigenvalue weighted by molar-refractivity contribution is 8.00. The van der Waals surface area contributed by atoms with E-state index >= 15 is 0 Å². The van der Waals surface area contributed by atoms with Crippen LogP contribution in [0.4, 0.5) is 14.5 Å². The number of nitrogens with one attached hydrogen (secondary N) is 1. The molecule has 3 nitrogen and oxygen atoms in total. The van der Waals surface area contributed by atoms with E-state index in [9.17, 15) is 13.6 Å². The molecular formula is C15H10F2N2OS. The standard InChI is InChI=1S/C15H10F2N2OS/c16-11-5-6-12(17)14(7-11)21-9-15(20)19-13-4-2-1-3-10(13)8-18/h1-7H,9H2,(H,19,20). The quantitative estimate of drug-likeness (QED) is 0.879. The predicted molar refractivity (Wildman–Crippen MR) is 76.9 cm³/mol. The highest BCUT2D eigenvalue weighted by Gasteiger charge is 2.10. The van der Waals surface area contributed by atoms with Crippen LogP contribution in [0.25, 0.3) is 0 Å². The minimum atomic E-state index is -0.577. The third-order valence-corrected chi connectivity index (χ3v) is 3.60. The molecule has 2 aromatic carbocycles. The van der Waals surface area contributed by atoms with Gasteiger partial charge in [-0.25, -0.2) is 8.78 Å². The number of amides is 1. The number of nitrogens with zero attached hydrogens (tertiary/aromatic N) is 1. The second kappa shape index (κ2) is 6.86. The lowest BCUT2D eigenvalue weighted by molar-refractivity contribution is -0.113. The molecule has 0 fully saturated rings. The summed E-state index contributed by atoms with van der Waals surface area (Å²) in [6.07, 6.45) is 0. The van der Waals surface area contributed by atoms with Crippen molar-refractivity contribution >= 4 is 23.4 Å². The summed E-state index contributed by atoms with van der Waals surface area (Å²) < 4.78 is 26.4. The van der Waals surface area contributed by atoms with Crippen LogP contribution in [0, 0.1) is 23.0 Å². The molecule has 0 aliphatic heterocycles. The summed E-state index contributed by atoms with van der Waals surface area (Å²) in [7, 11) is 0. The highest BCUT2D eigenvalue weighted by Crippen LogP contribution is 2.23. The van der Waals surface area contributed by atoms with Crippen LogP contribution in [-0.2, 0) is 4.79 Å². The zero-order chi connectivity index (χ0) is 15.2. The molecule has 1 N–H and O–H groups in total. The van der Waals surface area contributed by atoms with E-state index in [2.05, 4.69) is 5.32 Å². The van der Waals surface area contributed by atoms with Crippen LogP contribution in [0.2, 0.25) is 0 Å². The molecule has 0 spiro atoms. The maximum atomic E-state index is 13.4. The second-order valence-electron chi connectivity index (χ2n) is 4.07. The molecule has 21 heavy (non-hydrogen) atoms. The summed E-state index contributed by atoms with van der Waals surface area (Å²) in [6, 6.07) is 11.6. The first kappa shape index (κ1) is 15.0. The molecule has 0 saturated carbocycles. The Bertz CT molecular complexity index is 713. The highest BCUT2D eigenvalue weighted by atomic mass is 32.2. The van der Waals surface area contributed by atoms with Gasteiger partial charge in [-0.05, 0) is 30.3 Å². The average molecular weight is 304 g/mol. The van der Waals surface area contributed by atoms with Crippen molar-refractivity contribution in [2.24, 2.45) is 0 Å². The fourth-order valence-electron chi connectivity index (χ4n) is 1.61. The molecule has 6 heteroatoms. The van der Waals surface area contributed by atoms with Crippen molar-refractivity contribution in [3.63, 3.8) is 0 Å². The van der Waals surface area contributed by atoms with E-state index in [4.69, 9.17) is 5.26 Å². The van der Waals surface area contributed by atoms with Gasteiger partial charge in [0.1, 0.15) is 17.7 Å². The first-order valence-electron chi connectivity index (χ1n) is 5.97. The Labute approximate surface area is 124 Å². The van der Waals surface area contributed by atoms with E-state index in [0.717, 1.165) is 30.0 Å². The number of carbonyl (C=O) groups excluding carboxylic acids is 1. The Morgan fingerprint density at radius 3 is 2.76 bits per heavy atom. The number of halogens is 2. The summed E-state index contributed by atoms with van der Waals surface area (Å²) in [5.74, 6) is -1.62. The summed E-state index contributed by atoms with van der Waals surface area (Å²) in [5.41, 5.74) is 0.734. The molecule has 2 rings (SSSR count). The Morgan fingerprint density at radius 2 is 2.00 bits per heavy atom. The van der Waals surface area contributed by atoms with Crippen LogP contribution < -0.4 is 5.32 Å². The maximum absolute atomic E-state index is 13.4. The number of benzene rings is 2. The zero-order valence-electron chi connectivity index (χ0n) is 10.8. The Kier molecular flexibility index (Phi) is 4.90. The number of hydrogen-bond acceptors (Lipinski definition) is 3. The number of rotatable bonds is 4. The van der Waals surface area contributed by atoms with Crippen LogP contribution in [-0.4, -0.2) is 11.7 Å². The van der Waals surface area contributed by atoms with Gasteiger partial charge in [-0.2, -0.15) is 5.26 Å². The van der Waals surface area contributed by atoms with Crippen LogP contribution in [0.1, 0.15) is 5.56 Å². The molecule has 2 aromatic rings. The Balaban J connectivity index is 2.00. The lowest BCUT2D eigenvalue weighted by Crippen LogP contribution is -2.15. The fraction of sp³-hybridized carbons (Fsp3) is 0.0667. The van der Waals surface area contributed by atoms with Crippen LogP contribution in [0.3, 0.4) is 0 Å². The summed E-state index contributed by atoms with van der Waals surface area (Å²) >= 11 is 0.892. The molecule has 1 amide bonds. The molecular weight excluding hydrogens is 294 g/mol. The van der Waals surface area contributed by atoms with Crippen molar-refractivity contribution < 1.29 is 13.6 Å². The molecule has 0 aliphatic carbocycles. The number of hydrogen-bond donors (Lipinski definition) is 1. The zero-order valence-corrected chi connectivity index (χ0v) is 11.6. The van der Waals surface area contributed by atoms with Crippen LogP contribution in [0.5, 0.6) is 0 Å². The number of anilines is 1. The smallest absolute Gasteiger partial charge is 0.234 e. The molecule has 0 unspecified atom stereocenters. The van der Waals surface area contributed by atoms with Crippen molar-refractivity contribution in [1.29, 1.82) is 5.26 Å². The lowest BCUT2D eigenvalue weighted by atomic mass is 10.2. The molecule has 106 valence electrons. The van der Waals surface area contributed by atoms with Gasteiger partial charge in [0.15, 0.2) is 0 Å². The molecule has 0 bridgehead atoms. The van der Waals surface area contributed by atoms with Gasteiger partial charge in [0, 0.05) is 4.90 Å². The van der Waals surface area contributed by atoms with Crippen molar-refractivity contribution in [3.05, 3.63) is 59.7 Å². The first-order chi connectivity index (χ1) is 10.1. The van der Waals surface area contributed by atoms with Gasteiger partial charge >= 0.3 is 0 Å². The number of nitriles is 1. The van der Waals surface area contributed by atoms with Crippen molar-refractivity contribution in [1.82, 2.24) is 0 Å². The van der Waals surface area contributed by atoms with Gasteiger partial charge in [0.25, 0.3) is 0 Å². The minimum Gasteiger partial charge on any atom is -0.324 e. The van der Waals surface area contributed by atoms with Gasteiger partial charge < -0.3 is 5.32 Å². The minimum absolute atomic E-state index is 0.0683. The van der Waals surface area contributed by atoms with Crippen molar-refractivity contribution in [2.45, 2.75) is 4.90 Å². The topological polar surface area (TPSA) is 52.9 Å². The maximum Gasteiger partial charge on any atom is 0.234 e. The van der Waals surface area contributed by atoms with E-state index in [0.29, 0.717) is 11.3 Å². The average Bonchev–Trinajstić information content (AvgIpc) is 2.49. The van der Waals surface area contributed by atoms with Gasteiger partial charge in [-0.1, -0.05) is 12.1 Å².